The number of nitrogens with one attached hydrogen (secondary N) is 2. The number of carbonyl (C=O) groups is 1. The van der Waals surface area contributed by atoms with E-state index in [0.717, 1.165) is 71.7 Å². The first kappa shape index (κ1) is 22.2. The Labute approximate surface area is 201 Å². The number of piperidine rings is 1. The summed E-state index contributed by atoms with van der Waals surface area (Å²) in [6.07, 6.45) is 8.10. The molecule has 1 saturated heterocycles. The number of hydrogen-bond acceptors (Lipinski definition) is 5. The van der Waals surface area contributed by atoms with Gasteiger partial charge >= 0.3 is 0 Å². The second-order valence-electron chi connectivity index (χ2n) is 8.92. The first-order chi connectivity index (χ1) is 16.1. The Bertz CT molecular complexity index is 1130. The second kappa shape index (κ2) is 9.69. The molecular formula is C24H30BrN6O2+. The van der Waals surface area contributed by atoms with Crippen molar-refractivity contribution in [1.82, 2.24) is 14.6 Å². The summed E-state index contributed by atoms with van der Waals surface area (Å²) in [7, 11) is 0. The minimum Gasteiger partial charge on any atom is -0.445 e. The summed E-state index contributed by atoms with van der Waals surface area (Å²) < 4.78 is 2.68. The van der Waals surface area contributed by atoms with E-state index in [9.17, 15) is 4.79 Å². The summed E-state index contributed by atoms with van der Waals surface area (Å²) in [4.78, 5) is 19.2. The number of hydrogen-bond donors (Lipinski definition) is 2. The van der Waals surface area contributed by atoms with Crippen LogP contribution in [0.1, 0.15) is 44.1 Å². The van der Waals surface area contributed by atoms with Gasteiger partial charge in [0, 0.05) is 43.2 Å². The van der Waals surface area contributed by atoms with Gasteiger partial charge in [-0.1, -0.05) is 12.1 Å². The lowest BCUT2D eigenvalue weighted by Crippen LogP contribution is -2.40. The van der Waals surface area contributed by atoms with E-state index in [0.29, 0.717) is 19.2 Å². The first-order valence-electron chi connectivity index (χ1n) is 11.7. The SMILES string of the molecule is O=C(Nc1ccc(CNc2cc(N3CCCC[C@H]3CC[OH2+])nc3c(Br)cnn23)cc1)C1CC1. The third kappa shape index (κ3) is 4.99. The van der Waals surface area contributed by atoms with Crippen molar-refractivity contribution in [2.24, 2.45) is 5.92 Å². The monoisotopic (exact) mass is 513 g/mol. The number of carbonyl (C=O) groups excluding carboxylic acids is 1. The fraction of sp³-hybridized carbons (Fsp3) is 0.458. The molecule has 1 aliphatic heterocycles. The molecule has 1 atom stereocenters. The number of aromatic nitrogens is 3. The van der Waals surface area contributed by atoms with Gasteiger partial charge in [-0.25, -0.2) is 4.98 Å². The number of benzene rings is 1. The van der Waals surface area contributed by atoms with Crippen molar-refractivity contribution < 1.29 is 9.90 Å². The predicted molar refractivity (Wildman–Crippen MR) is 134 cm³/mol. The highest BCUT2D eigenvalue weighted by Gasteiger charge is 2.29. The third-order valence-electron chi connectivity index (χ3n) is 6.46. The van der Waals surface area contributed by atoms with Crippen LogP contribution in [0.5, 0.6) is 0 Å². The van der Waals surface area contributed by atoms with E-state index in [1.165, 1.54) is 6.42 Å². The minimum atomic E-state index is 0.123. The average Bonchev–Trinajstić information content (AvgIpc) is 3.62. The van der Waals surface area contributed by atoms with E-state index >= 15 is 0 Å². The zero-order chi connectivity index (χ0) is 22.8. The summed E-state index contributed by atoms with van der Waals surface area (Å²) in [5, 5.41) is 18.7. The van der Waals surface area contributed by atoms with Gasteiger partial charge in [0.25, 0.3) is 0 Å². The lowest BCUT2D eigenvalue weighted by Gasteiger charge is -2.36. The topological polar surface area (TPSA) is 97.5 Å². The Morgan fingerprint density at radius 2 is 2.00 bits per heavy atom. The molecule has 2 fully saturated rings. The normalized spacial score (nSPS) is 18.5. The van der Waals surface area contributed by atoms with Crippen molar-refractivity contribution in [3.8, 4) is 0 Å². The molecular weight excluding hydrogens is 484 g/mol. The molecule has 5 rings (SSSR count). The lowest BCUT2D eigenvalue weighted by atomic mass is 9.99. The van der Waals surface area contributed by atoms with E-state index in [1.54, 1.807) is 6.20 Å². The van der Waals surface area contributed by atoms with Gasteiger partial charge in [-0.2, -0.15) is 9.61 Å². The molecule has 9 heteroatoms. The zero-order valence-electron chi connectivity index (χ0n) is 18.6. The summed E-state index contributed by atoms with van der Waals surface area (Å²) in [6.45, 7) is 2.03. The van der Waals surface area contributed by atoms with Crippen molar-refractivity contribution in [3.05, 3.63) is 46.6 Å². The summed E-state index contributed by atoms with van der Waals surface area (Å²) in [6, 6.07) is 10.4. The molecule has 0 spiro atoms. The van der Waals surface area contributed by atoms with Gasteiger partial charge in [0.15, 0.2) is 5.65 Å². The van der Waals surface area contributed by atoms with Crippen LogP contribution < -0.4 is 15.5 Å². The van der Waals surface area contributed by atoms with Crippen molar-refractivity contribution in [1.29, 1.82) is 0 Å². The summed E-state index contributed by atoms with van der Waals surface area (Å²) in [5.41, 5.74) is 2.73. The van der Waals surface area contributed by atoms with Crippen LogP contribution in [0.25, 0.3) is 5.65 Å². The quantitative estimate of drug-likeness (QED) is 0.444. The molecule has 1 saturated carbocycles. The maximum Gasteiger partial charge on any atom is 0.227 e. The molecule has 2 aliphatic rings. The zero-order valence-corrected chi connectivity index (χ0v) is 20.1. The Kier molecular flexibility index (Phi) is 6.50. The molecule has 0 unspecified atom stereocenters. The Balaban J connectivity index is 1.34. The molecule has 3 heterocycles. The smallest absolute Gasteiger partial charge is 0.227 e. The minimum absolute atomic E-state index is 0.123. The molecule has 2 aromatic heterocycles. The molecule has 0 bridgehead atoms. The van der Waals surface area contributed by atoms with E-state index in [2.05, 4.69) is 42.6 Å². The number of rotatable bonds is 8. The number of halogens is 1. The van der Waals surface area contributed by atoms with Gasteiger partial charge in [0.1, 0.15) is 18.2 Å². The molecule has 3 aromatic rings. The van der Waals surface area contributed by atoms with Gasteiger partial charge < -0.3 is 20.6 Å². The highest BCUT2D eigenvalue weighted by atomic mass is 79.9. The number of anilines is 3. The second-order valence-corrected chi connectivity index (χ2v) is 9.78. The van der Waals surface area contributed by atoms with Crippen LogP contribution in [0.2, 0.25) is 0 Å². The van der Waals surface area contributed by atoms with Crippen molar-refractivity contribution in [2.45, 2.75) is 51.1 Å². The van der Waals surface area contributed by atoms with Crippen molar-refractivity contribution in [3.63, 3.8) is 0 Å². The maximum absolute atomic E-state index is 12.0. The van der Waals surface area contributed by atoms with Crippen LogP contribution in [0, 0.1) is 5.92 Å². The van der Waals surface area contributed by atoms with E-state index < -0.39 is 0 Å². The Hall–Kier alpha value is -2.65. The van der Waals surface area contributed by atoms with Gasteiger partial charge in [-0.15, -0.1) is 0 Å². The average molecular weight is 514 g/mol. The third-order valence-corrected chi connectivity index (χ3v) is 7.02. The van der Waals surface area contributed by atoms with Crippen LogP contribution >= 0.6 is 15.9 Å². The van der Waals surface area contributed by atoms with Crippen LogP contribution in [0.4, 0.5) is 17.3 Å². The predicted octanol–water partition coefficient (Wildman–Crippen LogP) is 3.93. The Morgan fingerprint density at radius 3 is 2.76 bits per heavy atom. The van der Waals surface area contributed by atoms with Crippen LogP contribution in [0.3, 0.4) is 0 Å². The Morgan fingerprint density at radius 1 is 1.18 bits per heavy atom. The van der Waals surface area contributed by atoms with E-state index in [4.69, 9.17) is 10.1 Å². The number of nitrogens with zero attached hydrogens (tertiary/aromatic N) is 4. The fourth-order valence-electron chi connectivity index (χ4n) is 4.45. The fourth-order valence-corrected chi connectivity index (χ4v) is 4.80. The number of amides is 1. The molecule has 33 heavy (non-hydrogen) atoms. The van der Waals surface area contributed by atoms with Gasteiger partial charge in [0.2, 0.25) is 5.91 Å². The van der Waals surface area contributed by atoms with E-state index in [1.807, 2.05) is 28.8 Å². The molecule has 1 amide bonds. The van der Waals surface area contributed by atoms with Gasteiger partial charge in [-0.3, -0.25) is 4.79 Å². The summed E-state index contributed by atoms with van der Waals surface area (Å²) >= 11 is 3.59. The number of fused-ring (bicyclic) bond motifs is 1. The van der Waals surface area contributed by atoms with E-state index in [-0.39, 0.29) is 11.8 Å². The molecule has 1 aromatic carbocycles. The van der Waals surface area contributed by atoms with Crippen molar-refractivity contribution in [2.75, 3.05) is 28.7 Å². The highest BCUT2D eigenvalue weighted by Crippen LogP contribution is 2.31. The van der Waals surface area contributed by atoms with Crippen molar-refractivity contribution >= 4 is 44.8 Å². The van der Waals surface area contributed by atoms with Crippen LogP contribution in [-0.2, 0) is 11.3 Å². The lowest BCUT2D eigenvalue weighted by molar-refractivity contribution is -0.117. The first-order valence-corrected chi connectivity index (χ1v) is 12.5. The molecule has 0 radical (unpaired) electrons. The van der Waals surface area contributed by atoms with Gasteiger partial charge in [0.05, 0.1) is 10.7 Å². The van der Waals surface area contributed by atoms with Crippen LogP contribution in [0.15, 0.2) is 41.0 Å². The standard InChI is InChI=1S/C24H29BrN6O2/c25-20-15-27-31-21(13-22(29-23(20)31)30-11-2-1-3-19(30)10-12-32)26-14-16-4-8-18(9-5-16)28-24(33)17-6-7-17/h4-5,8-9,13,15,17,19,26,32H,1-3,6-7,10-12,14H2,(H,28,33)/p+1/t19-/m0/s1. The molecule has 4 N–H and O–H groups in total. The molecule has 1 aliphatic carbocycles. The van der Waals surface area contributed by atoms with Crippen LogP contribution in [-0.4, -0.2) is 44.8 Å². The highest BCUT2D eigenvalue weighted by molar-refractivity contribution is 9.10. The van der Waals surface area contributed by atoms with Gasteiger partial charge in [-0.05, 0) is 65.7 Å². The maximum atomic E-state index is 12.0. The molecule has 174 valence electrons. The summed E-state index contributed by atoms with van der Waals surface area (Å²) in [5.74, 6) is 2.13. The largest absolute Gasteiger partial charge is 0.445 e. The molecule has 8 nitrogen and oxygen atoms in total.